The van der Waals surface area contributed by atoms with Crippen LogP contribution in [0.2, 0.25) is 5.02 Å². The summed E-state index contributed by atoms with van der Waals surface area (Å²) in [6, 6.07) is 13.7. The van der Waals surface area contributed by atoms with Gasteiger partial charge in [0.05, 0.1) is 10.4 Å². The van der Waals surface area contributed by atoms with Crippen LogP contribution in [0.4, 0.5) is 5.69 Å². The molecule has 10 heteroatoms. The molecule has 0 radical (unpaired) electrons. The number of carbonyl (C=O) groups excluding carboxylic acids is 1. The van der Waals surface area contributed by atoms with E-state index in [1.807, 2.05) is 24.3 Å². The van der Waals surface area contributed by atoms with Crippen molar-refractivity contribution in [2.45, 2.75) is 24.2 Å². The minimum absolute atomic E-state index is 0.137. The third-order valence-electron chi connectivity index (χ3n) is 5.59. The maximum atomic E-state index is 12.6. The average molecular weight is 503 g/mol. The lowest BCUT2D eigenvalue weighted by molar-refractivity contribution is -0.123. The van der Waals surface area contributed by atoms with E-state index in [4.69, 9.17) is 16.3 Å². The van der Waals surface area contributed by atoms with E-state index in [0.717, 1.165) is 35.9 Å². The SMILES string of the molecule is O=C(COc1ccc(S(=O)(=O)N2CCCC2)cc1)NCCCNc1ccnc2cc(Cl)ccc12. The van der Waals surface area contributed by atoms with Crippen molar-refractivity contribution in [2.75, 3.05) is 38.1 Å². The van der Waals surface area contributed by atoms with Gasteiger partial charge in [0.15, 0.2) is 6.61 Å². The van der Waals surface area contributed by atoms with Crippen LogP contribution in [0.3, 0.4) is 0 Å². The first-order valence-electron chi connectivity index (χ1n) is 11.2. The molecule has 0 atom stereocenters. The quantitative estimate of drug-likeness (QED) is 0.410. The summed E-state index contributed by atoms with van der Waals surface area (Å²) in [6.45, 7) is 2.16. The Kier molecular flexibility index (Phi) is 7.87. The molecule has 0 spiro atoms. The van der Waals surface area contributed by atoms with Crippen LogP contribution in [0.5, 0.6) is 5.75 Å². The van der Waals surface area contributed by atoms with Crippen molar-refractivity contribution < 1.29 is 17.9 Å². The van der Waals surface area contributed by atoms with Crippen molar-refractivity contribution in [1.29, 1.82) is 0 Å². The highest BCUT2D eigenvalue weighted by molar-refractivity contribution is 7.89. The van der Waals surface area contributed by atoms with Gasteiger partial charge < -0.3 is 15.4 Å². The van der Waals surface area contributed by atoms with E-state index in [9.17, 15) is 13.2 Å². The maximum absolute atomic E-state index is 12.6. The van der Waals surface area contributed by atoms with Gasteiger partial charge in [0, 0.05) is 48.5 Å². The fourth-order valence-corrected chi connectivity index (χ4v) is 5.48. The number of halogens is 1. The molecule has 1 amide bonds. The standard InChI is InChI=1S/C24H27ClN4O4S/c25-18-4-9-21-22(10-13-27-23(21)16-18)26-11-3-12-28-24(30)17-33-19-5-7-20(8-6-19)34(31,32)29-14-1-2-15-29/h4-10,13,16H,1-3,11-12,14-15,17H2,(H,26,27)(H,28,30). The molecule has 1 saturated heterocycles. The Bertz CT molecular complexity index is 1250. The topological polar surface area (TPSA) is 101 Å². The lowest BCUT2D eigenvalue weighted by Crippen LogP contribution is -2.30. The molecule has 2 heterocycles. The van der Waals surface area contributed by atoms with Gasteiger partial charge in [0.2, 0.25) is 10.0 Å². The fourth-order valence-electron chi connectivity index (χ4n) is 3.80. The van der Waals surface area contributed by atoms with Crippen molar-refractivity contribution in [3.05, 3.63) is 59.8 Å². The number of ether oxygens (including phenoxy) is 1. The molecule has 2 N–H and O–H groups in total. The normalized spacial score (nSPS) is 14.3. The number of hydrogen-bond acceptors (Lipinski definition) is 6. The number of amides is 1. The smallest absolute Gasteiger partial charge is 0.257 e. The zero-order valence-corrected chi connectivity index (χ0v) is 20.2. The zero-order chi connectivity index (χ0) is 24.0. The van der Waals surface area contributed by atoms with Gasteiger partial charge in [-0.05, 0) is 67.8 Å². The first-order valence-corrected chi connectivity index (χ1v) is 13.0. The predicted molar refractivity (Wildman–Crippen MR) is 133 cm³/mol. The number of anilines is 1. The van der Waals surface area contributed by atoms with Crippen LogP contribution in [0.1, 0.15) is 19.3 Å². The van der Waals surface area contributed by atoms with E-state index in [1.165, 1.54) is 16.4 Å². The average Bonchev–Trinajstić information content (AvgIpc) is 3.39. The molecular formula is C24H27ClN4O4S. The number of fused-ring (bicyclic) bond motifs is 1. The van der Waals surface area contributed by atoms with Gasteiger partial charge in [-0.2, -0.15) is 4.31 Å². The third-order valence-corrected chi connectivity index (χ3v) is 7.74. The number of nitrogens with one attached hydrogen (secondary N) is 2. The molecule has 1 aliphatic rings. The summed E-state index contributed by atoms with van der Waals surface area (Å²) in [6.07, 6.45) is 4.24. The molecule has 0 unspecified atom stereocenters. The molecule has 180 valence electrons. The van der Waals surface area contributed by atoms with E-state index in [1.54, 1.807) is 18.3 Å². The highest BCUT2D eigenvalue weighted by atomic mass is 35.5. The van der Waals surface area contributed by atoms with E-state index < -0.39 is 10.0 Å². The Morgan fingerprint density at radius 1 is 1.06 bits per heavy atom. The van der Waals surface area contributed by atoms with Gasteiger partial charge in [-0.1, -0.05) is 11.6 Å². The maximum Gasteiger partial charge on any atom is 0.257 e. The Hall–Kier alpha value is -2.88. The van der Waals surface area contributed by atoms with Crippen molar-refractivity contribution in [2.24, 2.45) is 0 Å². The summed E-state index contributed by atoms with van der Waals surface area (Å²) in [5.74, 6) is 0.208. The number of carbonyl (C=O) groups is 1. The lowest BCUT2D eigenvalue weighted by Gasteiger charge is -2.15. The van der Waals surface area contributed by atoms with Crippen molar-refractivity contribution in [3.63, 3.8) is 0 Å². The lowest BCUT2D eigenvalue weighted by atomic mass is 10.2. The van der Waals surface area contributed by atoms with Gasteiger partial charge >= 0.3 is 0 Å². The first kappa shape index (κ1) is 24.3. The number of benzene rings is 2. The Balaban J connectivity index is 1.17. The summed E-state index contributed by atoms with van der Waals surface area (Å²) in [7, 11) is -3.46. The molecule has 1 aromatic heterocycles. The van der Waals surface area contributed by atoms with Gasteiger partial charge in [0.1, 0.15) is 5.75 Å². The van der Waals surface area contributed by atoms with Gasteiger partial charge in [-0.3, -0.25) is 9.78 Å². The Morgan fingerprint density at radius 3 is 2.59 bits per heavy atom. The summed E-state index contributed by atoms with van der Waals surface area (Å²) < 4.78 is 32.1. The summed E-state index contributed by atoms with van der Waals surface area (Å²) in [4.78, 5) is 16.6. The number of rotatable bonds is 10. The number of sulfonamides is 1. The highest BCUT2D eigenvalue weighted by Crippen LogP contribution is 2.24. The number of aromatic nitrogens is 1. The summed E-state index contributed by atoms with van der Waals surface area (Å²) >= 11 is 6.02. The molecule has 0 bridgehead atoms. The molecule has 2 aromatic carbocycles. The summed E-state index contributed by atoms with van der Waals surface area (Å²) in [5.41, 5.74) is 1.79. The fraction of sp³-hybridized carbons (Fsp3) is 0.333. The molecule has 0 saturated carbocycles. The van der Waals surface area contributed by atoms with Crippen molar-refractivity contribution in [3.8, 4) is 5.75 Å². The minimum atomic E-state index is -3.46. The minimum Gasteiger partial charge on any atom is -0.484 e. The number of hydrogen-bond donors (Lipinski definition) is 2. The van der Waals surface area contributed by atoms with Crippen LogP contribution in [0.15, 0.2) is 59.6 Å². The van der Waals surface area contributed by atoms with E-state index >= 15 is 0 Å². The predicted octanol–water partition coefficient (Wildman–Crippen LogP) is 3.67. The Morgan fingerprint density at radius 2 is 1.82 bits per heavy atom. The molecule has 3 aromatic rings. The zero-order valence-electron chi connectivity index (χ0n) is 18.7. The van der Waals surface area contributed by atoms with Crippen LogP contribution in [-0.4, -0.2) is 56.4 Å². The molecule has 0 aliphatic carbocycles. The van der Waals surface area contributed by atoms with Crippen LogP contribution in [-0.2, 0) is 14.8 Å². The first-order chi connectivity index (χ1) is 16.4. The molecule has 8 nitrogen and oxygen atoms in total. The Labute approximate surface area is 204 Å². The second-order valence-corrected chi connectivity index (χ2v) is 10.4. The van der Waals surface area contributed by atoms with E-state index in [2.05, 4.69) is 15.6 Å². The van der Waals surface area contributed by atoms with Gasteiger partial charge in [0.25, 0.3) is 5.91 Å². The van der Waals surface area contributed by atoms with Gasteiger partial charge in [-0.15, -0.1) is 0 Å². The van der Waals surface area contributed by atoms with Crippen LogP contribution >= 0.6 is 11.6 Å². The van der Waals surface area contributed by atoms with Crippen molar-refractivity contribution in [1.82, 2.24) is 14.6 Å². The molecule has 1 fully saturated rings. The van der Waals surface area contributed by atoms with Crippen LogP contribution in [0.25, 0.3) is 10.9 Å². The molecule has 4 rings (SSSR count). The van der Waals surface area contributed by atoms with Crippen molar-refractivity contribution >= 4 is 44.1 Å². The van der Waals surface area contributed by atoms with Gasteiger partial charge in [-0.25, -0.2) is 8.42 Å². The molecular weight excluding hydrogens is 476 g/mol. The number of nitrogens with zero attached hydrogens (tertiary/aromatic N) is 2. The second kappa shape index (κ2) is 11.0. The molecule has 34 heavy (non-hydrogen) atoms. The number of pyridine rings is 1. The largest absolute Gasteiger partial charge is 0.484 e. The van der Waals surface area contributed by atoms with Crippen LogP contribution in [0, 0.1) is 0 Å². The van der Waals surface area contributed by atoms with E-state index in [0.29, 0.717) is 37.0 Å². The second-order valence-electron chi connectivity index (χ2n) is 8.02. The third kappa shape index (κ3) is 5.97. The summed E-state index contributed by atoms with van der Waals surface area (Å²) in [5, 5.41) is 7.81. The van der Waals surface area contributed by atoms with E-state index in [-0.39, 0.29) is 17.4 Å². The van der Waals surface area contributed by atoms with Crippen LogP contribution < -0.4 is 15.4 Å². The highest BCUT2D eigenvalue weighted by Gasteiger charge is 2.26. The molecule has 1 aliphatic heterocycles. The monoisotopic (exact) mass is 502 g/mol.